The summed E-state index contributed by atoms with van der Waals surface area (Å²) >= 11 is 0. The lowest BCUT2D eigenvalue weighted by atomic mass is 10.1. The van der Waals surface area contributed by atoms with Crippen molar-refractivity contribution in [3.63, 3.8) is 0 Å². The highest BCUT2D eigenvalue weighted by Crippen LogP contribution is 2.24. The molecule has 0 aliphatic carbocycles. The number of rotatable bonds is 2. The molecular formula is C14H20N4. The van der Waals surface area contributed by atoms with Crippen molar-refractivity contribution >= 4 is 16.6 Å². The van der Waals surface area contributed by atoms with E-state index in [0.717, 1.165) is 17.7 Å². The van der Waals surface area contributed by atoms with Gasteiger partial charge in [-0.25, -0.2) is 0 Å². The van der Waals surface area contributed by atoms with Crippen LogP contribution in [0, 0.1) is 0 Å². The standard InChI is InChI=1S/C14H20N4/c1-2-17-7-5-13(6-8-17)18-10-11-3-4-12(15)9-14(11)16-18/h3-4,9-10,13H,2,5-8,15H2,1H3. The quantitative estimate of drug-likeness (QED) is 0.824. The summed E-state index contributed by atoms with van der Waals surface area (Å²) in [6.07, 6.45) is 4.54. The van der Waals surface area contributed by atoms with Gasteiger partial charge in [0, 0.05) is 30.4 Å². The van der Waals surface area contributed by atoms with Crippen LogP contribution in [0.5, 0.6) is 0 Å². The minimum absolute atomic E-state index is 0.543. The first-order valence-electron chi connectivity index (χ1n) is 6.73. The largest absolute Gasteiger partial charge is 0.399 e. The normalized spacial score (nSPS) is 18.5. The third-order valence-corrected chi connectivity index (χ3v) is 3.93. The van der Waals surface area contributed by atoms with Crippen molar-refractivity contribution in [2.75, 3.05) is 25.4 Å². The summed E-state index contributed by atoms with van der Waals surface area (Å²) in [5, 5.41) is 5.85. The van der Waals surface area contributed by atoms with Crippen LogP contribution in [-0.4, -0.2) is 34.3 Å². The van der Waals surface area contributed by atoms with E-state index in [1.807, 2.05) is 12.1 Å². The van der Waals surface area contributed by atoms with E-state index in [2.05, 4.69) is 33.9 Å². The molecule has 1 fully saturated rings. The molecule has 2 N–H and O–H groups in total. The Morgan fingerprint density at radius 2 is 2.11 bits per heavy atom. The number of piperidine rings is 1. The molecule has 1 aromatic carbocycles. The third-order valence-electron chi connectivity index (χ3n) is 3.93. The molecule has 0 radical (unpaired) electrons. The lowest BCUT2D eigenvalue weighted by molar-refractivity contribution is 0.188. The van der Waals surface area contributed by atoms with Crippen LogP contribution < -0.4 is 5.73 Å². The summed E-state index contributed by atoms with van der Waals surface area (Å²) in [7, 11) is 0. The molecule has 0 bridgehead atoms. The molecule has 4 nitrogen and oxygen atoms in total. The van der Waals surface area contributed by atoms with Crippen LogP contribution in [0.15, 0.2) is 24.4 Å². The average Bonchev–Trinajstić information content (AvgIpc) is 2.81. The topological polar surface area (TPSA) is 47.1 Å². The molecule has 2 heterocycles. The van der Waals surface area contributed by atoms with E-state index >= 15 is 0 Å². The van der Waals surface area contributed by atoms with Gasteiger partial charge in [-0.3, -0.25) is 4.68 Å². The van der Waals surface area contributed by atoms with Crippen molar-refractivity contribution in [2.45, 2.75) is 25.8 Å². The Bertz CT molecular complexity index is 538. The van der Waals surface area contributed by atoms with Crippen LogP contribution in [-0.2, 0) is 0 Å². The van der Waals surface area contributed by atoms with Gasteiger partial charge in [-0.15, -0.1) is 0 Å². The van der Waals surface area contributed by atoms with Crippen molar-refractivity contribution in [3.8, 4) is 0 Å². The van der Waals surface area contributed by atoms with Crippen molar-refractivity contribution in [1.82, 2.24) is 14.7 Å². The van der Waals surface area contributed by atoms with Gasteiger partial charge in [0.05, 0.1) is 11.6 Å². The molecule has 0 spiro atoms. The third kappa shape index (κ3) is 2.08. The van der Waals surface area contributed by atoms with Crippen LogP contribution >= 0.6 is 0 Å². The Balaban J connectivity index is 1.82. The monoisotopic (exact) mass is 244 g/mol. The molecule has 96 valence electrons. The summed E-state index contributed by atoms with van der Waals surface area (Å²) in [6.45, 7) is 5.74. The molecule has 2 aromatic rings. The molecule has 0 unspecified atom stereocenters. The van der Waals surface area contributed by atoms with Gasteiger partial charge in [-0.1, -0.05) is 6.92 Å². The van der Waals surface area contributed by atoms with Gasteiger partial charge in [-0.05, 0) is 37.6 Å². The van der Waals surface area contributed by atoms with Gasteiger partial charge in [0.25, 0.3) is 0 Å². The number of nitrogens with two attached hydrogens (primary N) is 1. The maximum absolute atomic E-state index is 5.79. The number of hydrogen-bond acceptors (Lipinski definition) is 3. The lowest BCUT2D eigenvalue weighted by Gasteiger charge is -2.31. The van der Waals surface area contributed by atoms with Crippen LogP contribution in [0.4, 0.5) is 5.69 Å². The Morgan fingerprint density at radius 1 is 1.33 bits per heavy atom. The summed E-state index contributed by atoms with van der Waals surface area (Å²) in [4.78, 5) is 2.50. The fraction of sp³-hybridized carbons (Fsp3) is 0.500. The van der Waals surface area contributed by atoms with Gasteiger partial charge < -0.3 is 10.6 Å². The van der Waals surface area contributed by atoms with E-state index in [9.17, 15) is 0 Å². The molecule has 1 aliphatic rings. The van der Waals surface area contributed by atoms with Gasteiger partial charge in [0.2, 0.25) is 0 Å². The smallest absolute Gasteiger partial charge is 0.0943 e. The number of benzene rings is 1. The van der Waals surface area contributed by atoms with E-state index in [0.29, 0.717) is 6.04 Å². The second-order valence-electron chi connectivity index (χ2n) is 5.09. The Hall–Kier alpha value is -1.55. The Kier molecular flexibility index (Phi) is 2.96. The Morgan fingerprint density at radius 3 is 2.83 bits per heavy atom. The number of aromatic nitrogens is 2. The summed E-state index contributed by atoms with van der Waals surface area (Å²) in [5.41, 5.74) is 7.58. The number of hydrogen-bond donors (Lipinski definition) is 1. The zero-order chi connectivity index (χ0) is 12.5. The van der Waals surface area contributed by atoms with E-state index < -0.39 is 0 Å². The summed E-state index contributed by atoms with van der Waals surface area (Å²) < 4.78 is 2.14. The van der Waals surface area contributed by atoms with E-state index in [1.165, 1.54) is 31.3 Å². The van der Waals surface area contributed by atoms with Crippen LogP contribution in [0.1, 0.15) is 25.8 Å². The molecular weight excluding hydrogens is 224 g/mol. The molecule has 3 rings (SSSR count). The minimum atomic E-state index is 0.543. The van der Waals surface area contributed by atoms with Crippen molar-refractivity contribution in [3.05, 3.63) is 24.4 Å². The maximum atomic E-state index is 5.79. The molecule has 1 aromatic heterocycles. The zero-order valence-electron chi connectivity index (χ0n) is 10.8. The summed E-state index contributed by atoms with van der Waals surface area (Å²) in [6, 6.07) is 6.48. The van der Waals surface area contributed by atoms with E-state index in [4.69, 9.17) is 5.73 Å². The highest BCUT2D eigenvalue weighted by atomic mass is 15.3. The second-order valence-corrected chi connectivity index (χ2v) is 5.09. The lowest BCUT2D eigenvalue weighted by Crippen LogP contribution is -2.34. The molecule has 18 heavy (non-hydrogen) atoms. The van der Waals surface area contributed by atoms with E-state index in [1.54, 1.807) is 0 Å². The van der Waals surface area contributed by atoms with Crippen molar-refractivity contribution in [1.29, 1.82) is 0 Å². The fourth-order valence-electron chi connectivity index (χ4n) is 2.74. The second kappa shape index (κ2) is 4.61. The molecule has 1 saturated heterocycles. The van der Waals surface area contributed by atoms with Crippen molar-refractivity contribution in [2.24, 2.45) is 0 Å². The number of likely N-dealkylation sites (tertiary alicyclic amines) is 1. The first-order chi connectivity index (χ1) is 8.76. The molecule has 0 amide bonds. The zero-order valence-corrected chi connectivity index (χ0v) is 10.8. The predicted molar refractivity (Wildman–Crippen MR) is 74.5 cm³/mol. The number of fused-ring (bicyclic) bond motifs is 1. The van der Waals surface area contributed by atoms with E-state index in [-0.39, 0.29) is 0 Å². The Labute approximate surface area is 107 Å². The number of nitrogens with zero attached hydrogens (tertiary/aromatic N) is 3. The molecule has 0 saturated carbocycles. The van der Waals surface area contributed by atoms with Crippen molar-refractivity contribution < 1.29 is 0 Å². The van der Waals surface area contributed by atoms with Crippen LogP contribution in [0.25, 0.3) is 10.9 Å². The molecule has 1 aliphatic heterocycles. The van der Waals surface area contributed by atoms with Gasteiger partial charge in [-0.2, -0.15) is 5.10 Å². The highest BCUT2D eigenvalue weighted by molar-refractivity contribution is 5.81. The summed E-state index contributed by atoms with van der Waals surface area (Å²) in [5.74, 6) is 0. The molecule has 4 heteroatoms. The number of nitrogen functional groups attached to an aromatic ring is 1. The SMILES string of the molecule is CCN1CCC(n2cc3ccc(N)cc3n2)CC1. The predicted octanol–water partition coefficient (Wildman–Crippen LogP) is 2.28. The fourth-order valence-corrected chi connectivity index (χ4v) is 2.74. The van der Waals surface area contributed by atoms with Gasteiger partial charge >= 0.3 is 0 Å². The highest BCUT2D eigenvalue weighted by Gasteiger charge is 2.20. The van der Waals surface area contributed by atoms with Gasteiger partial charge in [0.1, 0.15) is 0 Å². The van der Waals surface area contributed by atoms with Crippen LogP contribution in [0.3, 0.4) is 0 Å². The first-order valence-corrected chi connectivity index (χ1v) is 6.73. The molecule has 0 atom stereocenters. The maximum Gasteiger partial charge on any atom is 0.0943 e. The van der Waals surface area contributed by atoms with Gasteiger partial charge in [0.15, 0.2) is 0 Å². The minimum Gasteiger partial charge on any atom is -0.399 e. The average molecular weight is 244 g/mol. The van der Waals surface area contributed by atoms with Crippen LogP contribution in [0.2, 0.25) is 0 Å². The number of anilines is 1. The first kappa shape index (κ1) is 11.5.